The molecule has 16 heavy (non-hydrogen) atoms. The smallest absolute Gasteiger partial charge is 0.146 e. The summed E-state index contributed by atoms with van der Waals surface area (Å²) in [6, 6.07) is 5.93. The van der Waals surface area contributed by atoms with Gasteiger partial charge in [0.05, 0.1) is 5.56 Å². The van der Waals surface area contributed by atoms with Crippen molar-refractivity contribution in [3.05, 3.63) is 23.9 Å². The molecule has 1 saturated carbocycles. The molecule has 82 valence electrons. The first-order valence-electron chi connectivity index (χ1n) is 5.93. The maximum Gasteiger partial charge on any atom is 0.146 e. The number of piperidine rings is 1. The van der Waals surface area contributed by atoms with Gasteiger partial charge in [0.25, 0.3) is 0 Å². The van der Waals surface area contributed by atoms with Crippen LogP contribution in [0.25, 0.3) is 0 Å². The molecule has 3 heteroatoms. The SMILES string of the molecule is N#Cc1cccnc1N1CCCC2(CC2)C1. The number of aromatic nitrogens is 1. The van der Waals surface area contributed by atoms with Gasteiger partial charge >= 0.3 is 0 Å². The van der Waals surface area contributed by atoms with Crippen molar-refractivity contribution in [2.75, 3.05) is 18.0 Å². The van der Waals surface area contributed by atoms with Gasteiger partial charge in [0.15, 0.2) is 0 Å². The standard InChI is InChI=1S/C13H15N3/c14-9-11-3-1-7-15-12(11)16-8-2-4-13(10-16)5-6-13/h1,3,7H,2,4-6,8,10H2. The highest BCUT2D eigenvalue weighted by Crippen LogP contribution is 2.52. The quantitative estimate of drug-likeness (QED) is 0.718. The zero-order valence-electron chi connectivity index (χ0n) is 9.32. The van der Waals surface area contributed by atoms with Crippen molar-refractivity contribution in [3.8, 4) is 6.07 Å². The summed E-state index contributed by atoms with van der Waals surface area (Å²) in [5, 5.41) is 9.08. The third kappa shape index (κ3) is 1.55. The van der Waals surface area contributed by atoms with Gasteiger partial charge in [-0.3, -0.25) is 0 Å². The Morgan fingerprint density at radius 1 is 1.38 bits per heavy atom. The summed E-state index contributed by atoms with van der Waals surface area (Å²) in [4.78, 5) is 6.67. The Kier molecular flexibility index (Phi) is 2.10. The maximum atomic E-state index is 9.08. The van der Waals surface area contributed by atoms with E-state index in [1.807, 2.05) is 12.1 Å². The van der Waals surface area contributed by atoms with Crippen molar-refractivity contribution in [1.29, 1.82) is 5.26 Å². The topological polar surface area (TPSA) is 39.9 Å². The largest absolute Gasteiger partial charge is 0.355 e. The summed E-state index contributed by atoms with van der Waals surface area (Å²) in [7, 11) is 0. The Hall–Kier alpha value is -1.56. The number of nitriles is 1. The molecule has 1 spiro atoms. The highest BCUT2D eigenvalue weighted by Gasteiger charge is 2.45. The van der Waals surface area contributed by atoms with Gasteiger partial charge in [0.1, 0.15) is 11.9 Å². The first-order valence-corrected chi connectivity index (χ1v) is 5.93. The van der Waals surface area contributed by atoms with E-state index in [9.17, 15) is 0 Å². The van der Waals surface area contributed by atoms with E-state index in [-0.39, 0.29) is 0 Å². The molecule has 0 unspecified atom stereocenters. The summed E-state index contributed by atoms with van der Waals surface area (Å²) in [6.07, 6.45) is 7.10. The van der Waals surface area contributed by atoms with Crippen molar-refractivity contribution in [3.63, 3.8) is 0 Å². The first kappa shape index (κ1) is 9.65. The minimum Gasteiger partial charge on any atom is -0.355 e. The minimum atomic E-state index is 0.572. The number of anilines is 1. The molecule has 1 saturated heterocycles. The zero-order valence-corrected chi connectivity index (χ0v) is 9.32. The summed E-state index contributed by atoms with van der Waals surface area (Å²) in [5.74, 6) is 0.885. The fourth-order valence-corrected chi connectivity index (χ4v) is 2.71. The molecule has 2 fully saturated rings. The molecule has 1 aliphatic carbocycles. The van der Waals surface area contributed by atoms with E-state index >= 15 is 0 Å². The van der Waals surface area contributed by atoms with Gasteiger partial charge < -0.3 is 4.90 Å². The molecule has 0 amide bonds. The predicted molar refractivity (Wildman–Crippen MR) is 62.1 cm³/mol. The molecule has 0 N–H and O–H groups in total. The Morgan fingerprint density at radius 2 is 2.25 bits per heavy atom. The van der Waals surface area contributed by atoms with Crippen LogP contribution in [0.5, 0.6) is 0 Å². The fraction of sp³-hybridized carbons (Fsp3) is 0.538. The summed E-state index contributed by atoms with van der Waals surface area (Å²) >= 11 is 0. The summed E-state index contributed by atoms with van der Waals surface area (Å²) < 4.78 is 0. The van der Waals surface area contributed by atoms with Crippen LogP contribution in [0.4, 0.5) is 5.82 Å². The zero-order chi connectivity index (χ0) is 11.0. The average molecular weight is 213 g/mol. The lowest BCUT2D eigenvalue weighted by atomic mass is 9.95. The van der Waals surface area contributed by atoms with E-state index in [0.29, 0.717) is 11.0 Å². The lowest BCUT2D eigenvalue weighted by Gasteiger charge is -2.34. The van der Waals surface area contributed by atoms with Crippen LogP contribution >= 0.6 is 0 Å². The average Bonchev–Trinajstić information content (AvgIpc) is 3.08. The molecule has 1 aromatic heterocycles. The Morgan fingerprint density at radius 3 is 3.00 bits per heavy atom. The first-order chi connectivity index (χ1) is 7.83. The highest BCUT2D eigenvalue weighted by molar-refractivity contribution is 5.54. The van der Waals surface area contributed by atoms with Crippen molar-refractivity contribution in [2.24, 2.45) is 5.41 Å². The van der Waals surface area contributed by atoms with Crippen molar-refractivity contribution >= 4 is 5.82 Å². The van der Waals surface area contributed by atoms with Crippen LogP contribution in [0.3, 0.4) is 0 Å². The van der Waals surface area contributed by atoms with Crippen LogP contribution in [0.2, 0.25) is 0 Å². The van der Waals surface area contributed by atoms with Gasteiger partial charge in [0.2, 0.25) is 0 Å². The van der Waals surface area contributed by atoms with Gasteiger partial charge in [-0.2, -0.15) is 5.26 Å². The molecule has 0 radical (unpaired) electrons. The van der Waals surface area contributed by atoms with E-state index in [1.165, 1.54) is 25.7 Å². The molecule has 1 aromatic rings. The summed E-state index contributed by atoms with van der Waals surface area (Å²) in [5.41, 5.74) is 1.28. The molecule has 0 atom stereocenters. The van der Waals surface area contributed by atoms with Gasteiger partial charge in [-0.15, -0.1) is 0 Å². The number of rotatable bonds is 1. The van der Waals surface area contributed by atoms with Crippen LogP contribution < -0.4 is 4.90 Å². The van der Waals surface area contributed by atoms with Gasteiger partial charge in [-0.25, -0.2) is 4.98 Å². The van der Waals surface area contributed by atoms with Crippen LogP contribution in [-0.2, 0) is 0 Å². The molecule has 0 bridgehead atoms. The van der Waals surface area contributed by atoms with Crippen LogP contribution in [-0.4, -0.2) is 18.1 Å². The third-order valence-electron chi connectivity index (χ3n) is 3.83. The lowest BCUT2D eigenvalue weighted by molar-refractivity contribution is 0.393. The predicted octanol–water partition coefficient (Wildman–Crippen LogP) is 2.33. The molecular formula is C13H15N3. The summed E-state index contributed by atoms with van der Waals surface area (Å²) in [6.45, 7) is 2.14. The van der Waals surface area contributed by atoms with Crippen LogP contribution in [0.15, 0.2) is 18.3 Å². The second-order valence-electron chi connectivity index (χ2n) is 5.01. The molecule has 3 nitrogen and oxygen atoms in total. The highest BCUT2D eigenvalue weighted by atomic mass is 15.2. The molecule has 3 rings (SSSR count). The lowest BCUT2D eigenvalue weighted by Crippen LogP contribution is -2.37. The molecule has 2 heterocycles. The monoisotopic (exact) mass is 213 g/mol. The number of hydrogen-bond donors (Lipinski definition) is 0. The Labute approximate surface area is 95.7 Å². The number of pyridine rings is 1. The van der Waals surface area contributed by atoms with E-state index in [2.05, 4.69) is 16.0 Å². The van der Waals surface area contributed by atoms with Crippen molar-refractivity contribution < 1.29 is 0 Å². The van der Waals surface area contributed by atoms with Gasteiger partial charge in [0, 0.05) is 19.3 Å². The molecular weight excluding hydrogens is 198 g/mol. The third-order valence-corrected chi connectivity index (χ3v) is 3.83. The van der Waals surface area contributed by atoms with Gasteiger partial charge in [-0.05, 0) is 43.2 Å². The number of hydrogen-bond acceptors (Lipinski definition) is 3. The van der Waals surface area contributed by atoms with Gasteiger partial charge in [-0.1, -0.05) is 0 Å². The van der Waals surface area contributed by atoms with Crippen LogP contribution in [0.1, 0.15) is 31.2 Å². The Bertz CT molecular complexity index is 443. The van der Waals surface area contributed by atoms with Crippen molar-refractivity contribution in [1.82, 2.24) is 4.98 Å². The van der Waals surface area contributed by atoms with E-state index in [0.717, 1.165) is 18.9 Å². The molecule has 1 aliphatic heterocycles. The Balaban J connectivity index is 1.89. The molecule has 0 aromatic carbocycles. The van der Waals surface area contributed by atoms with Crippen molar-refractivity contribution in [2.45, 2.75) is 25.7 Å². The second kappa shape index (κ2) is 3.48. The second-order valence-corrected chi connectivity index (χ2v) is 5.01. The van der Waals surface area contributed by atoms with Crippen LogP contribution in [0, 0.1) is 16.7 Å². The van der Waals surface area contributed by atoms with E-state index in [4.69, 9.17) is 5.26 Å². The number of nitrogens with zero attached hydrogens (tertiary/aromatic N) is 3. The normalized spacial score (nSPS) is 21.8. The van der Waals surface area contributed by atoms with E-state index < -0.39 is 0 Å². The van der Waals surface area contributed by atoms with E-state index in [1.54, 1.807) is 6.20 Å². The minimum absolute atomic E-state index is 0.572. The fourth-order valence-electron chi connectivity index (χ4n) is 2.71. The molecule has 2 aliphatic rings. The maximum absolute atomic E-state index is 9.08.